The van der Waals surface area contributed by atoms with Gasteiger partial charge in [0.2, 0.25) is 10.0 Å². The standard InChI is InChI=1S/C11H15N3O2S/c1-9(6-12)14-17(15,16)8-11-5-3-2-4-10(11)7-13/h2-5,9,14H,6,8,12H2,1H3. The monoisotopic (exact) mass is 253 g/mol. The highest BCUT2D eigenvalue weighted by molar-refractivity contribution is 7.88. The number of rotatable bonds is 5. The van der Waals surface area contributed by atoms with E-state index in [0.717, 1.165) is 0 Å². The third-order valence-corrected chi connectivity index (χ3v) is 3.67. The molecule has 5 nitrogen and oxygen atoms in total. The summed E-state index contributed by atoms with van der Waals surface area (Å²) in [6, 6.07) is 8.29. The van der Waals surface area contributed by atoms with Gasteiger partial charge in [-0.2, -0.15) is 5.26 Å². The van der Waals surface area contributed by atoms with E-state index < -0.39 is 10.0 Å². The lowest BCUT2D eigenvalue weighted by Crippen LogP contribution is -2.38. The Labute approximate surface area is 101 Å². The van der Waals surface area contributed by atoms with Crippen LogP contribution in [0.15, 0.2) is 24.3 Å². The number of nitrogens with two attached hydrogens (primary N) is 1. The van der Waals surface area contributed by atoms with E-state index in [0.29, 0.717) is 11.1 Å². The minimum absolute atomic E-state index is 0.207. The average molecular weight is 253 g/mol. The Balaban J connectivity index is 2.88. The molecule has 0 aliphatic carbocycles. The van der Waals surface area contributed by atoms with E-state index in [1.54, 1.807) is 31.2 Å². The normalized spacial score (nSPS) is 13.0. The smallest absolute Gasteiger partial charge is 0.216 e. The summed E-state index contributed by atoms with van der Waals surface area (Å²) >= 11 is 0. The van der Waals surface area contributed by atoms with Crippen LogP contribution in [0.5, 0.6) is 0 Å². The van der Waals surface area contributed by atoms with Crippen molar-refractivity contribution in [2.45, 2.75) is 18.7 Å². The minimum atomic E-state index is -3.46. The van der Waals surface area contributed by atoms with Gasteiger partial charge in [-0.05, 0) is 18.6 Å². The van der Waals surface area contributed by atoms with E-state index in [9.17, 15) is 8.42 Å². The van der Waals surface area contributed by atoms with Crippen molar-refractivity contribution in [2.24, 2.45) is 5.73 Å². The van der Waals surface area contributed by atoms with Gasteiger partial charge >= 0.3 is 0 Å². The zero-order chi connectivity index (χ0) is 12.9. The van der Waals surface area contributed by atoms with E-state index in [4.69, 9.17) is 11.0 Å². The summed E-state index contributed by atoms with van der Waals surface area (Å²) in [7, 11) is -3.46. The summed E-state index contributed by atoms with van der Waals surface area (Å²) in [6.45, 7) is 1.92. The summed E-state index contributed by atoms with van der Waals surface area (Å²) in [5.41, 5.74) is 6.22. The van der Waals surface area contributed by atoms with Crippen molar-refractivity contribution in [3.63, 3.8) is 0 Å². The van der Waals surface area contributed by atoms with Crippen LogP contribution in [0.3, 0.4) is 0 Å². The second-order valence-corrected chi connectivity index (χ2v) is 5.54. The third kappa shape index (κ3) is 4.15. The van der Waals surface area contributed by atoms with Crippen molar-refractivity contribution in [1.29, 1.82) is 5.26 Å². The van der Waals surface area contributed by atoms with E-state index in [-0.39, 0.29) is 18.3 Å². The molecule has 1 atom stereocenters. The molecule has 1 aromatic carbocycles. The molecular formula is C11H15N3O2S. The van der Waals surface area contributed by atoms with Crippen LogP contribution in [0.4, 0.5) is 0 Å². The van der Waals surface area contributed by atoms with Crippen LogP contribution in [0.25, 0.3) is 0 Å². The van der Waals surface area contributed by atoms with E-state index in [2.05, 4.69) is 4.72 Å². The second-order valence-electron chi connectivity index (χ2n) is 3.78. The van der Waals surface area contributed by atoms with Crippen molar-refractivity contribution >= 4 is 10.0 Å². The molecule has 0 aliphatic heterocycles. The zero-order valence-corrected chi connectivity index (χ0v) is 10.4. The van der Waals surface area contributed by atoms with Gasteiger partial charge < -0.3 is 5.73 Å². The number of hydrogen-bond acceptors (Lipinski definition) is 4. The largest absolute Gasteiger partial charge is 0.329 e. The minimum Gasteiger partial charge on any atom is -0.329 e. The van der Waals surface area contributed by atoms with Crippen LogP contribution < -0.4 is 10.5 Å². The third-order valence-electron chi connectivity index (χ3n) is 2.22. The first-order valence-electron chi connectivity index (χ1n) is 5.16. The van der Waals surface area contributed by atoms with Gasteiger partial charge in [0.05, 0.1) is 17.4 Å². The number of benzene rings is 1. The predicted molar refractivity (Wildman–Crippen MR) is 65.4 cm³/mol. The SMILES string of the molecule is CC(CN)NS(=O)(=O)Cc1ccccc1C#N. The molecule has 0 radical (unpaired) electrons. The lowest BCUT2D eigenvalue weighted by molar-refractivity contribution is 0.562. The number of hydrogen-bond donors (Lipinski definition) is 2. The first-order chi connectivity index (χ1) is 7.98. The van der Waals surface area contributed by atoms with Gasteiger partial charge in [0.15, 0.2) is 0 Å². The van der Waals surface area contributed by atoms with E-state index >= 15 is 0 Å². The van der Waals surface area contributed by atoms with Crippen molar-refractivity contribution in [1.82, 2.24) is 4.72 Å². The van der Waals surface area contributed by atoms with Crippen LogP contribution in [-0.4, -0.2) is 21.0 Å². The predicted octanol–water partition coefficient (Wildman–Crippen LogP) is 0.325. The quantitative estimate of drug-likeness (QED) is 0.790. The van der Waals surface area contributed by atoms with Crippen LogP contribution in [0.1, 0.15) is 18.1 Å². The summed E-state index contributed by atoms with van der Waals surface area (Å²) < 4.78 is 26.0. The van der Waals surface area contributed by atoms with Gasteiger partial charge in [-0.25, -0.2) is 13.1 Å². The number of nitriles is 1. The molecule has 3 N–H and O–H groups in total. The molecule has 17 heavy (non-hydrogen) atoms. The van der Waals surface area contributed by atoms with Crippen molar-refractivity contribution in [3.05, 3.63) is 35.4 Å². The fourth-order valence-electron chi connectivity index (χ4n) is 1.36. The van der Waals surface area contributed by atoms with E-state index in [1.165, 1.54) is 0 Å². The Hall–Kier alpha value is -1.42. The second kappa shape index (κ2) is 5.77. The number of sulfonamides is 1. The molecule has 0 saturated carbocycles. The fourth-order valence-corrected chi connectivity index (χ4v) is 2.81. The van der Waals surface area contributed by atoms with Crippen molar-refractivity contribution < 1.29 is 8.42 Å². The Morgan fingerprint density at radius 3 is 2.71 bits per heavy atom. The molecular weight excluding hydrogens is 238 g/mol. The van der Waals surface area contributed by atoms with Gasteiger partial charge in [-0.15, -0.1) is 0 Å². The summed E-state index contributed by atoms with van der Waals surface area (Å²) in [5.74, 6) is -0.207. The van der Waals surface area contributed by atoms with Crippen molar-refractivity contribution in [3.8, 4) is 6.07 Å². The Morgan fingerprint density at radius 1 is 1.47 bits per heavy atom. The van der Waals surface area contributed by atoms with Crippen molar-refractivity contribution in [2.75, 3.05) is 6.54 Å². The number of nitrogens with zero attached hydrogens (tertiary/aromatic N) is 1. The maximum absolute atomic E-state index is 11.8. The van der Waals surface area contributed by atoms with Crippen LogP contribution >= 0.6 is 0 Å². The topological polar surface area (TPSA) is 96.0 Å². The fraction of sp³-hybridized carbons (Fsp3) is 0.364. The maximum atomic E-state index is 11.8. The van der Waals surface area contributed by atoms with Crippen LogP contribution in [0.2, 0.25) is 0 Å². The molecule has 0 spiro atoms. The van der Waals surface area contributed by atoms with Gasteiger partial charge in [-0.1, -0.05) is 18.2 Å². The average Bonchev–Trinajstić information content (AvgIpc) is 2.28. The molecule has 92 valence electrons. The van der Waals surface area contributed by atoms with Gasteiger partial charge in [0.1, 0.15) is 0 Å². The lowest BCUT2D eigenvalue weighted by atomic mass is 10.1. The first-order valence-corrected chi connectivity index (χ1v) is 6.82. The molecule has 0 aliphatic rings. The maximum Gasteiger partial charge on any atom is 0.216 e. The molecule has 0 heterocycles. The van der Waals surface area contributed by atoms with Crippen LogP contribution in [0, 0.1) is 11.3 Å². The molecule has 0 bridgehead atoms. The molecule has 0 saturated heterocycles. The molecule has 0 amide bonds. The highest BCUT2D eigenvalue weighted by atomic mass is 32.2. The Kier molecular flexibility index (Phi) is 4.63. The van der Waals surface area contributed by atoms with Gasteiger partial charge in [-0.3, -0.25) is 0 Å². The first kappa shape index (κ1) is 13.6. The molecule has 1 aromatic rings. The molecule has 0 fully saturated rings. The highest BCUT2D eigenvalue weighted by Gasteiger charge is 2.16. The molecule has 1 rings (SSSR count). The molecule has 6 heteroatoms. The summed E-state index contributed by atoms with van der Waals surface area (Å²) in [6.07, 6.45) is 0. The highest BCUT2D eigenvalue weighted by Crippen LogP contribution is 2.11. The lowest BCUT2D eigenvalue weighted by Gasteiger charge is -2.12. The summed E-state index contributed by atoms with van der Waals surface area (Å²) in [4.78, 5) is 0. The Bertz CT molecular complexity index is 520. The zero-order valence-electron chi connectivity index (χ0n) is 9.55. The molecule has 1 unspecified atom stereocenters. The Morgan fingerprint density at radius 2 is 2.12 bits per heavy atom. The summed E-state index contributed by atoms with van der Waals surface area (Å²) in [5, 5.41) is 8.86. The van der Waals surface area contributed by atoms with Crippen LogP contribution in [-0.2, 0) is 15.8 Å². The van der Waals surface area contributed by atoms with E-state index in [1.807, 2.05) is 6.07 Å². The van der Waals surface area contributed by atoms with Gasteiger partial charge in [0, 0.05) is 12.6 Å². The molecule has 0 aromatic heterocycles. The number of nitrogens with one attached hydrogen (secondary N) is 1. The van der Waals surface area contributed by atoms with Gasteiger partial charge in [0.25, 0.3) is 0 Å².